The fraction of sp³-hybridized carbons (Fsp3) is 0.364. The van der Waals surface area contributed by atoms with Crippen molar-refractivity contribution in [3.05, 3.63) is 29.7 Å². The number of rotatable bonds is 1. The van der Waals surface area contributed by atoms with E-state index in [0.29, 0.717) is 11.5 Å². The molecule has 1 aliphatic heterocycles. The van der Waals surface area contributed by atoms with Gasteiger partial charge in [-0.25, -0.2) is 9.50 Å². The van der Waals surface area contributed by atoms with Gasteiger partial charge in [0.1, 0.15) is 6.07 Å². The lowest BCUT2D eigenvalue weighted by atomic mass is 10.1. The highest BCUT2D eigenvalue weighted by Gasteiger charge is 2.19. The van der Waals surface area contributed by atoms with E-state index in [1.54, 1.807) is 16.9 Å². The molecule has 80 valence electrons. The van der Waals surface area contributed by atoms with Gasteiger partial charge in [-0.15, -0.1) is 0 Å². The molecule has 1 atom stereocenters. The van der Waals surface area contributed by atoms with E-state index in [1.165, 1.54) is 0 Å². The van der Waals surface area contributed by atoms with Crippen LogP contribution in [0.25, 0.3) is 5.65 Å². The van der Waals surface area contributed by atoms with Crippen LogP contribution in [0.1, 0.15) is 23.6 Å². The highest BCUT2D eigenvalue weighted by molar-refractivity contribution is 5.42. The summed E-state index contributed by atoms with van der Waals surface area (Å²) >= 11 is 0. The van der Waals surface area contributed by atoms with E-state index in [1.807, 2.05) is 6.07 Å². The van der Waals surface area contributed by atoms with Crippen LogP contribution >= 0.6 is 0 Å². The van der Waals surface area contributed by atoms with Crippen LogP contribution in [-0.4, -0.2) is 27.7 Å². The first-order chi connectivity index (χ1) is 7.86. The zero-order valence-electron chi connectivity index (χ0n) is 8.72. The number of nitrogens with zero attached hydrogens (tertiary/aromatic N) is 4. The molecule has 5 heteroatoms. The number of fused-ring (bicyclic) bond motifs is 1. The number of nitriles is 1. The van der Waals surface area contributed by atoms with Crippen molar-refractivity contribution >= 4 is 5.65 Å². The van der Waals surface area contributed by atoms with Crippen LogP contribution in [0.15, 0.2) is 18.5 Å². The van der Waals surface area contributed by atoms with Crippen molar-refractivity contribution in [2.24, 2.45) is 0 Å². The molecule has 0 saturated carbocycles. The molecule has 0 amide bonds. The second-order valence-electron chi connectivity index (χ2n) is 4.02. The minimum atomic E-state index is 0.479. The standard InChI is InChI=1S/C11H11N5/c12-4-8-5-14-11-3-10(15-16(11)7-8)9-1-2-13-6-9/h3,5,7,9,13H,1-2,6H2. The van der Waals surface area contributed by atoms with Gasteiger partial charge in [-0.3, -0.25) is 0 Å². The van der Waals surface area contributed by atoms with Gasteiger partial charge in [0.2, 0.25) is 0 Å². The van der Waals surface area contributed by atoms with E-state index in [2.05, 4.69) is 21.5 Å². The third-order valence-corrected chi connectivity index (χ3v) is 2.94. The van der Waals surface area contributed by atoms with Crippen molar-refractivity contribution in [1.29, 1.82) is 5.26 Å². The van der Waals surface area contributed by atoms with E-state index >= 15 is 0 Å². The molecule has 3 rings (SSSR count). The summed E-state index contributed by atoms with van der Waals surface area (Å²) in [7, 11) is 0. The number of hydrogen-bond donors (Lipinski definition) is 1. The zero-order chi connectivity index (χ0) is 11.0. The molecule has 1 aliphatic rings. The predicted molar refractivity (Wildman–Crippen MR) is 57.9 cm³/mol. The van der Waals surface area contributed by atoms with Crippen molar-refractivity contribution in [2.45, 2.75) is 12.3 Å². The Morgan fingerprint density at radius 3 is 3.25 bits per heavy atom. The molecule has 0 aliphatic carbocycles. The lowest BCUT2D eigenvalue weighted by Crippen LogP contribution is -2.08. The van der Waals surface area contributed by atoms with E-state index in [9.17, 15) is 0 Å². The number of hydrogen-bond acceptors (Lipinski definition) is 4. The average molecular weight is 213 g/mol. The van der Waals surface area contributed by atoms with Gasteiger partial charge in [-0.1, -0.05) is 0 Å². The lowest BCUT2D eigenvalue weighted by Gasteiger charge is -2.01. The summed E-state index contributed by atoms with van der Waals surface area (Å²) in [6.45, 7) is 2.03. The Morgan fingerprint density at radius 1 is 1.56 bits per heavy atom. The van der Waals surface area contributed by atoms with Gasteiger partial charge in [-0.2, -0.15) is 10.4 Å². The maximum Gasteiger partial charge on any atom is 0.155 e. The van der Waals surface area contributed by atoms with Gasteiger partial charge in [0, 0.05) is 24.7 Å². The first kappa shape index (κ1) is 9.31. The molecule has 2 aromatic rings. The molecule has 0 spiro atoms. The first-order valence-electron chi connectivity index (χ1n) is 5.33. The van der Waals surface area contributed by atoms with E-state index in [0.717, 1.165) is 30.9 Å². The highest BCUT2D eigenvalue weighted by atomic mass is 15.2. The Morgan fingerprint density at radius 2 is 2.50 bits per heavy atom. The quantitative estimate of drug-likeness (QED) is 0.756. The third kappa shape index (κ3) is 1.44. The topological polar surface area (TPSA) is 66.0 Å². The zero-order valence-corrected chi connectivity index (χ0v) is 8.72. The van der Waals surface area contributed by atoms with Crippen LogP contribution in [0, 0.1) is 11.3 Å². The summed E-state index contributed by atoms with van der Waals surface area (Å²) in [6, 6.07) is 4.06. The van der Waals surface area contributed by atoms with Crippen LogP contribution in [0.2, 0.25) is 0 Å². The summed E-state index contributed by atoms with van der Waals surface area (Å²) in [5.74, 6) is 0.479. The predicted octanol–water partition coefficient (Wildman–Crippen LogP) is 0.678. The van der Waals surface area contributed by atoms with Crippen molar-refractivity contribution in [2.75, 3.05) is 13.1 Å². The SMILES string of the molecule is N#Cc1cnc2cc(C3CCNC3)nn2c1. The summed E-state index contributed by atoms with van der Waals surface area (Å²) in [4.78, 5) is 4.20. The maximum atomic E-state index is 8.77. The number of nitrogens with one attached hydrogen (secondary N) is 1. The highest BCUT2D eigenvalue weighted by Crippen LogP contribution is 2.21. The Bertz CT molecular complexity index is 559. The Labute approximate surface area is 92.7 Å². The molecular formula is C11H11N5. The van der Waals surface area contributed by atoms with Crippen molar-refractivity contribution in [3.8, 4) is 6.07 Å². The molecule has 1 N–H and O–H groups in total. The van der Waals surface area contributed by atoms with Gasteiger partial charge in [0.05, 0.1) is 17.5 Å². The minimum Gasteiger partial charge on any atom is -0.316 e. The molecule has 16 heavy (non-hydrogen) atoms. The largest absolute Gasteiger partial charge is 0.316 e. The monoisotopic (exact) mass is 213 g/mol. The normalized spacial score (nSPS) is 20.1. The molecule has 0 bridgehead atoms. The fourth-order valence-electron chi connectivity index (χ4n) is 2.06. The second-order valence-corrected chi connectivity index (χ2v) is 4.02. The molecule has 1 fully saturated rings. The van der Waals surface area contributed by atoms with Gasteiger partial charge in [-0.05, 0) is 13.0 Å². The van der Waals surface area contributed by atoms with E-state index < -0.39 is 0 Å². The maximum absolute atomic E-state index is 8.77. The summed E-state index contributed by atoms with van der Waals surface area (Å²) < 4.78 is 1.69. The average Bonchev–Trinajstić information content (AvgIpc) is 2.96. The number of aromatic nitrogens is 3. The lowest BCUT2D eigenvalue weighted by molar-refractivity contribution is 0.718. The van der Waals surface area contributed by atoms with E-state index in [4.69, 9.17) is 5.26 Å². The van der Waals surface area contributed by atoms with Gasteiger partial charge >= 0.3 is 0 Å². The molecular weight excluding hydrogens is 202 g/mol. The Balaban J connectivity index is 2.05. The summed E-state index contributed by atoms with van der Waals surface area (Å²) in [6.07, 6.45) is 4.41. The summed E-state index contributed by atoms with van der Waals surface area (Å²) in [5.41, 5.74) is 2.40. The van der Waals surface area contributed by atoms with Crippen LogP contribution in [0.3, 0.4) is 0 Å². The summed E-state index contributed by atoms with van der Waals surface area (Å²) in [5, 5.41) is 16.6. The van der Waals surface area contributed by atoms with Crippen LogP contribution in [-0.2, 0) is 0 Å². The Kier molecular flexibility index (Phi) is 2.08. The molecule has 2 aromatic heterocycles. The second kappa shape index (κ2) is 3.58. The van der Waals surface area contributed by atoms with E-state index in [-0.39, 0.29) is 0 Å². The molecule has 1 unspecified atom stereocenters. The van der Waals surface area contributed by atoms with Crippen LogP contribution in [0.4, 0.5) is 0 Å². The van der Waals surface area contributed by atoms with Gasteiger partial charge < -0.3 is 5.32 Å². The molecule has 0 radical (unpaired) electrons. The third-order valence-electron chi connectivity index (χ3n) is 2.94. The van der Waals surface area contributed by atoms with Gasteiger partial charge in [0.25, 0.3) is 0 Å². The van der Waals surface area contributed by atoms with Crippen molar-refractivity contribution in [3.63, 3.8) is 0 Å². The molecule has 3 heterocycles. The first-order valence-corrected chi connectivity index (χ1v) is 5.33. The van der Waals surface area contributed by atoms with Crippen LogP contribution < -0.4 is 5.32 Å². The van der Waals surface area contributed by atoms with Gasteiger partial charge in [0.15, 0.2) is 5.65 Å². The smallest absolute Gasteiger partial charge is 0.155 e. The fourth-order valence-corrected chi connectivity index (χ4v) is 2.06. The molecule has 1 saturated heterocycles. The van der Waals surface area contributed by atoms with Crippen LogP contribution in [0.5, 0.6) is 0 Å². The molecule has 0 aromatic carbocycles. The van der Waals surface area contributed by atoms with Crippen molar-refractivity contribution < 1.29 is 0 Å². The van der Waals surface area contributed by atoms with Crippen molar-refractivity contribution in [1.82, 2.24) is 19.9 Å². The Hall–Kier alpha value is -1.93. The minimum absolute atomic E-state index is 0.479. The molecule has 5 nitrogen and oxygen atoms in total.